The number of rotatable bonds is 5. The average Bonchev–Trinajstić information content (AvgIpc) is 2.48. The second-order valence-electron chi connectivity index (χ2n) is 4.67. The maximum absolute atomic E-state index is 12.6. The van der Waals surface area contributed by atoms with E-state index in [0.717, 1.165) is 17.7 Å². The van der Waals surface area contributed by atoms with Crippen molar-refractivity contribution in [1.82, 2.24) is 5.48 Å². The van der Waals surface area contributed by atoms with Crippen LogP contribution in [0.4, 0.5) is 13.2 Å². The normalized spacial score (nSPS) is 11.2. The Morgan fingerprint density at radius 3 is 2.36 bits per heavy atom. The lowest BCUT2D eigenvalue weighted by Gasteiger charge is -2.09. The van der Waals surface area contributed by atoms with Crippen LogP contribution in [-0.4, -0.2) is 5.91 Å². The van der Waals surface area contributed by atoms with Gasteiger partial charge < -0.3 is 0 Å². The lowest BCUT2D eigenvalue weighted by atomic mass is 10.1. The molecule has 0 heterocycles. The van der Waals surface area contributed by atoms with Gasteiger partial charge in [0.15, 0.2) is 0 Å². The number of halogens is 3. The Bertz CT molecular complexity index is 627. The van der Waals surface area contributed by atoms with E-state index in [1.807, 2.05) is 30.3 Å². The van der Waals surface area contributed by atoms with Gasteiger partial charge in [0.25, 0.3) is 0 Å². The minimum absolute atomic E-state index is 0.182. The van der Waals surface area contributed by atoms with E-state index in [9.17, 15) is 18.0 Å². The molecule has 22 heavy (non-hydrogen) atoms. The molecule has 1 N–H and O–H groups in total. The standard InChI is InChI=1S/C16H14F3NO2/c17-16(18,19)14-8-4-7-13(9-14)10-15(21)20-22-11-12-5-2-1-3-6-12/h1-9H,10-11H2,(H,20,21). The molecule has 0 aliphatic heterocycles. The predicted octanol–water partition coefficient (Wildman–Crippen LogP) is 3.50. The second kappa shape index (κ2) is 7.09. The van der Waals surface area contributed by atoms with Crippen LogP contribution in [0.1, 0.15) is 16.7 Å². The number of alkyl halides is 3. The smallest absolute Gasteiger partial charge is 0.272 e. The Morgan fingerprint density at radius 2 is 1.68 bits per heavy atom. The minimum Gasteiger partial charge on any atom is -0.272 e. The molecule has 0 saturated carbocycles. The van der Waals surface area contributed by atoms with Gasteiger partial charge in [-0.05, 0) is 17.2 Å². The largest absolute Gasteiger partial charge is 0.416 e. The Kier molecular flexibility index (Phi) is 5.16. The van der Waals surface area contributed by atoms with E-state index in [1.54, 1.807) is 0 Å². The number of hydrogen-bond acceptors (Lipinski definition) is 2. The number of hydroxylamine groups is 1. The van der Waals surface area contributed by atoms with Gasteiger partial charge in [-0.15, -0.1) is 0 Å². The molecule has 0 unspecified atom stereocenters. The highest BCUT2D eigenvalue weighted by Crippen LogP contribution is 2.29. The van der Waals surface area contributed by atoms with Gasteiger partial charge in [-0.25, -0.2) is 5.48 Å². The predicted molar refractivity (Wildman–Crippen MR) is 74.5 cm³/mol. The molecule has 0 spiro atoms. The van der Waals surface area contributed by atoms with Crippen molar-refractivity contribution in [2.45, 2.75) is 19.2 Å². The summed E-state index contributed by atoms with van der Waals surface area (Å²) in [5.41, 5.74) is 2.59. The van der Waals surface area contributed by atoms with Crippen molar-refractivity contribution in [3.8, 4) is 0 Å². The van der Waals surface area contributed by atoms with Crippen molar-refractivity contribution in [2.75, 3.05) is 0 Å². The van der Waals surface area contributed by atoms with Gasteiger partial charge in [-0.1, -0.05) is 48.5 Å². The summed E-state index contributed by atoms with van der Waals surface area (Å²) in [7, 11) is 0. The number of nitrogens with one attached hydrogen (secondary N) is 1. The first-order valence-electron chi connectivity index (χ1n) is 6.56. The summed E-state index contributed by atoms with van der Waals surface area (Å²) in [6.45, 7) is 0.190. The molecule has 0 radical (unpaired) electrons. The summed E-state index contributed by atoms with van der Waals surface area (Å²) in [5, 5.41) is 0. The van der Waals surface area contributed by atoms with Gasteiger partial charge in [0.05, 0.1) is 18.6 Å². The zero-order valence-corrected chi connectivity index (χ0v) is 11.6. The molecule has 0 saturated heterocycles. The number of hydrogen-bond donors (Lipinski definition) is 1. The molecule has 2 aromatic carbocycles. The van der Waals surface area contributed by atoms with Gasteiger partial charge in [-0.2, -0.15) is 13.2 Å². The summed E-state index contributed by atoms with van der Waals surface area (Å²) >= 11 is 0. The molecule has 1 amide bonds. The van der Waals surface area contributed by atoms with Gasteiger partial charge >= 0.3 is 6.18 Å². The van der Waals surface area contributed by atoms with Crippen molar-refractivity contribution in [1.29, 1.82) is 0 Å². The number of benzene rings is 2. The molecule has 0 aliphatic carbocycles. The van der Waals surface area contributed by atoms with Crippen LogP contribution in [0.3, 0.4) is 0 Å². The second-order valence-corrected chi connectivity index (χ2v) is 4.67. The van der Waals surface area contributed by atoms with Crippen LogP contribution in [0.2, 0.25) is 0 Å². The molecular formula is C16H14F3NO2. The van der Waals surface area contributed by atoms with E-state index in [0.29, 0.717) is 0 Å². The van der Waals surface area contributed by atoms with E-state index < -0.39 is 17.6 Å². The third kappa shape index (κ3) is 4.89. The summed E-state index contributed by atoms with van der Waals surface area (Å²) in [6.07, 6.45) is -4.60. The van der Waals surface area contributed by atoms with Crippen LogP contribution in [0.5, 0.6) is 0 Å². The third-order valence-corrected chi connectivity index (χ3v) is 2.89. The van der Waals surface area contributed by atoms with Gasteiger partial charge in [0.2, 0.25) is 5.91 Å². The fourth-order valence-electron chi connectivity index (χ4n) is 1.85. The highest BCUT2D eigenvalue weighted by Gasteiger charge is 2.30. The molecule has 2 rings (SSSR count). The molecule has 2 aromatic rings. The summed E-state index contributed by atoms with van der Waals surface area (Å²) in [4.78, 5) is 16.7. The Hall–Kier alpha value is -2.34. The maximum Gasteiger partial charge on any atom is 0.416 e. The van der Waals surface area contributed by atoms with Gasteiger partial charge in [0.1, 0.15) is 0 Å². The molecule has 0 fully saturated rings. The van der Waals surface area contributed by atoms with Crippen LogP contribution in [0.25, 0.3) is 0 Å². The van der Waals surface area contributed by atoms with Crippen LogP contribution >= 0.6 is 0 Å². The highest BCUT2D eigenvalue weighted by atomic mass is 19.4. The van der Waals surface area contributed by atoms with Crippen molar-refractivity contribution < 1.29 is 22.8 Å². The van der Waals surface area contributed by atoms with E-state index in [2.05, 4.69) is 5.48 Å². The van der Waals surface area contributed by atoms with Gasteiger partial charge in [-0.3, -0.25) is 9.63 Å². The van der Waals surface area contributed by atoms with Crippen molar-refractivity contribution >= 4 is 5.91 Å². The van der Waals surface area contributed by atoms with E-state index >= 15 is 0 Å². The SMILES string of the molecule is O=C(Cc1cccc(C(F)(F)F)c1)NOCc1ccccc1. The zero-order valence-electron chi connectivity index (χ0n) is 11.6. The molecular weight excluding hydrogens is 295 g/mol. The number of carbonyl (C=O) groups is 1. The topological polar surface area (TPSA) is 38.3 Å². The average molecular weight is 309 g/mol. The molecule has 0 bridgehead atoms. The lowest BCUT2D eigenvalue weighted by Crippen LogP contribution is -2.25. The fraction of sp³-hybridized carbons (Fsp3) is 0.188. The van der Waals surface area contributed by atoms with E-state index in [-0.39, 0.29) is 18.6 Å². The molecule has 0 atom stereocenters. The maximum atomic E-state index is 12.6. The van der Waals surface area contributed by atoms with Crippen LogP contribution in [-0.2, 0) is 28.8 Å². The van der Waals surface area contributed by atoms with Crippen molar-refractivity contribution in [2.24, 2.45) is 0 Å². The van der Waals surface area contributed by atoms with Gasteiger partial charge in [0, 0.05) is 0 Å². The Labute approximate surface area is 125 Å². The first-order chi connectivity index (χ1) is 10.4. The van der Waals surface area contributed by atoms with Crippen LogP contribution < -0.4 is 5.48 Å². The minimum atomic E-state index is -4.42. The Balaban J connectivity index is 1.84. The zero-order chi connectivity index (χ0) is 16.0. The fourth-order valence-corrected chi connectivity index (χ4v) is 1.85. The monoisotopic (exact) mass is 309 g/mol. The van der Waals surface area contributed by atoms with Crippen molar-refractivity contribution in [3.05, 3.63) is 71.3 Å². The van der Waals surface area contributed by atoms with Crippen LogP contribution in [0.15, 0.2) is 54.6 Å². The molecule has 0 aromatic heterocycles. The Morgan fingerprint density at radius 1 is 1.00 bits per heavy atom. The van der Waals surface area contributed by atoms with E-state index in [4.69, 9.17) is 4.84 Å². The molecule has 3 nitrogen and oxygen atoms in total. The molecule has 6 heteroatoms. The summed E-state index contributed by atoms with van der Waals surface area (Å²) < 4.78 is 37.7. The first kappa shape index (κ1) is 16.0. The van der Waals surface area contributed by atoms with Crippen molar-refractivity contribution in [3.63, 3.8) is 0 Å². The summed E-state index contributed by atoms with van der Waals surface area (Å²) in [6, 6.07) is 13.9. The first-order valence-corrected chi connectivity index (χ1v) is 6.56. The number of amides is 1. The van der Waals surface area contributed by atoms with Crippen LogP contribution in [0, 0.1) is 0 Å². The van der Waals surface area contributed by atoms with E-state index in [1.165, 1.54) is 12.1 Å². The molecule has 116 valence electrons. The molecule has 0 aliphatic rings. The summed E-state index contributed by atoms with van der Waals surface area (Å²) in [5.74, 6) is -0.504. The third-order valence-electron chi connectivity index (χ3n) is 2.89. The quantitative estimate of drug-likeness (QED) is 0.859. The highest BCUT2D eigenvalue weighted by molar-refractivity contribution is 5.77. The lowest BCUT2D eigenvalue weighted by molar-refractivity contribution is -0.138. The number of carbonyl (C=O) groups excluding carboxylic acids is 1.